The molecule has 152 valence electrons. The molecule has 2 aliphatic heterocycles. The predicted molar refractivity (Wildman–Crippen MR) is 100 cm³/mol. The van der Waals surface area contributed by atoms with Crippen LogP contribution in [0.1, 0.15) is 19.8 Å². The van der Waals surface area contributed by atoms with Crippen LogP contribution in [0.3, 0.4) is 0 Å². The highest BCUT2D eigenvalue weighted by molar-refractivity contribution is 6.00. The Hall–Kier alpha value is -2.81. The number of carbonyl (C=O) groups excluding carboxylic acids is 2. The Morgan fingerprint density at radius 3 is 2.64 bits per heavy atom. The first kappa shape index (κ1) is 19.9. The van der Waals surface area contributed by atoms with Crippen molar-refractivity contribution in [3.05, 3.63) is 24.3 Å². The van der Waals surface area contributed by atoms with E-state index in [1.807, 2.05) is 6.07 Å². The number of urea groups is 1. The fourth-order valence-electron chi connectivity index (χ4n) is 3.57. The van der Waals surface area contributed by atoms with Crippen molar-refractivity contribution in [2.24, 2.45) is 0 Å². The molecule has 0 saturated carbocycles. The van der Waals surface area contributed by atoms with E-state index >= 15 is 0 Å². The van der Waals surface area contributed by atoms with Crippen molar-refractivity contribution in [2.75, 3.05) is 38.3 Å². The molecular weight excluding hydrogens is 366 g/mol. The summed E-state index contributed by atoms with van der Waals surface area (Å²) in [5.41, 5.74) is -0.662. The van der Waals surface area contributed by atoms with E-state index in [9.17, 15) is 19.5 Å². The van der Waals surface area contributed by atoms with Gasteiger partial charge in [-0.1, -0.05) is 6.07 Å². The summed E-state index contributed by atoms with van der Waals surface area (Å²) in [6, 6.07) is 5.90. The molecule has 2 aliphatic rings. The minimum Gasteiger partial charge on any atom is -0.497 e. The quantitative estimate of drug-likeness (QED) is 0.795. The van der Waals surface area contributed by atoms with Gasteiger partial charge >= 0.3 is 12.0 Å². The van der Waals surface area contributed by atoms with Crippen molar-refractivity contribution in [3.8, 4) is 5.75 Å². The zero-order chi connectivity index (χ0) is 20.3. The van der Waals surface area contributed by atoms with Crippen LogP contribution in [0.4, 0.5) is 10.5 Å². The van der Waals surface area contributed by atoms with Gasteiger partial charge in [0.1, 0.15) is 17.3 Å². The van der Waals surface area contributed by atoms with Gasteiger partial charge in [0.05, 0.1) is 7.11 Å². The number of carbonyl (C=O) groups is 3. The third-order valence-corrected chi connectivity index (χ3v) is 5.38. The van der Waals surface area contributed by atoms with Gasteiger partial charge in [0.25, 0.3) is 0 Å². The maximum Gasteiger partial charge on any atom is 0.329 e. The van der Waals surface area contributed by atoms with Crippen LogP contribution in [0, 0.1) is 0 Å². The molecule has 0 unspecified atom stereocenters. The molecule has 0 radical (unpaired) electrons. The molecule has 2 saturated heterocycles. The van der Waals surface area contributed by atoms with Gasteiger partial charge in [-0.3, -0.25) is 4.79 Å². The van der Waals surface area contributed by atoms with Crippen LogP contribution in [0.25, 0.3) is 0 Å². The molecule has 0 aromatic heterocycles. The number of nitrogens with one attached hydrogen (secondary N) is 1. The van der Waals surface area contributed by atoms with Crippen LogP contribution in [-0.4, -0.2) is 72.9 Å². The Balaban J connectivity index is 1.72. The van der Waals surface area contributed by atoms with Crippen LogP contribution in [0.5, 0.6) is 5.75 Å². The number of carboxylic acids is 1. The smallest absolute Gasteiger partial charge is 0.329 e. The number of hydrogen-bond donors (Lipinski definition) is 2. The maximum absolute atomic E-state index is 12.9. The van der Waals surface area contributed by atoms with Crippen LogP contribution >= 0.6 is 0 Å². The number of piperazine rings is 1. The zero-order valence-electron chi connectivity index (χ0n) is 16.0. The van der Waals surface area contributed by atoms with Crippen LogP contribution < -0.4 is 15.0 Å². The van der Waals surface area contributed by atoms with Gasteiger partial charge in [0.15, 0.2) is 0 Å². The lowest BCUT2D eigenvalue weighted by molar-refractivity contribution is -0.148. The number of nitrogens with zero attached hydrogens (tertiary/aromatic N) is 2. The van der Waals surface area contributed by atoms with Crippen molar-refractivity contribution >= 4 is 23.6 Å². The Morgan fingerprint density at radius 1 is 1.29 bits per heavy atom. The van der Waals surface area contributed by atoms with Gasteiger partial charge in [-0.2, -0.15) is 0 Å². The number of aliphatic carboxylic acids is 1. The summed E-state index contributed by atoms with van der Waals surface area (Å²) in [6.07, 6.45) is 0.389. The van der Waals surface area contributed by atoms with Crippen molar-refractivity contribution in [2.45, 2.75) is 31.3 Å². The standard InChI is InChI=1S/C19H25N3O6/c1-13-16(23)22(14-4-3-5-15(12-14)27-2)9-8-21(13)18(26)20-19(17(24)25)6-10-28-11-7-19/h3-5,12-13H,6-11H2,1-2H3,(H,20,26)(H,24,25)/t13-/m1/s1. The first-order chi connectivity index (χ1) is 13.4. The van der Waals surface area contributed by atoms with Crippen molar-refractivity contribution < 1.29 is 29.0 Å². The minimum absolute atomic E-state index is 0.195. The van der Waals surface area contributed by atoms with Crippen LogP contribution in [-0.2, 0) is 14.3 Å². The van der Waals surface area contributed by atoms with Gasteiger partial charge in [-0.25, -0.2) is 9.59 Å². The minimum atomic E-state index is -1.36. The molecule has 3 rings (SSSR count). The first-order valence-corrected chi connectivity index (χ1v) is 9.23. The van der Waals surface area contributed by atoms with E-state index in [4.69, 9.17) is 9.47 Å². The number of amides is 3. The third kappa shape index (κ3) is 3.75. The van der Waals surface area contributed by atoms with Gasteiger partial charge in [0, 0.05) is 50.9 Å². The van der Waals surface area contributed by atoms with Crippen LogP contribution in [0.2, 0.25) is 0 Å². The Bertz CT molecular complexity index is 762. The topological polar surface area (TPSA) is 108 Å². The number of methoxy groups -OCH3 is 1. The van der Waals surface area contributed by atoms with E-state index in [2.05, 4.69) is 5.32 Å². The molecule has 0 spiro atoms. The highest BCUT2D eigenvalue weighted by Crippen LogP contribution is 2.26. The summed E-state index contributed by atoms with van der Waals surface area (Å²) in [6.45, 7) is 2.79. The fourth-order valence-corrected chi connectivity index (χ4v) is 3.57. The highest BCUT2D eigenvalue weighted by atomic mass is 16.5. The summed E-state index contributed by atoms with van der Waals surface area (Å²) in [4.78, 5) is 40.4. The molecule has 0 bridgehead atoms. The summed E-state index contributed by atoms with van der Waals surface area (Å²) >= 11 is 0. The summed E-state index contributed by atoms with van der Waals surface area (Å²) in [5.74, 6) is -0.676. The van der Waals surface area contributed by atoms with Crippen molar-refractivity contribution in [1.82, 2.24) is 10.2 Å². The van der Waals surface area contributed by atoms with Gasteiger partial charge in [-0.05, 0) is 19.1 Å². The van der Waals surface area contributed by atoms with Gasteiger partial charge in [0.2, 0.25) is 5.91 Å². The number of ether oxygens (including phenoxy) is 2. The van der Waals surface area contributed by atoms with E-state index in [0.717, 1.165) is 0 Å². The number of anilines is 1. The largest absolute Gasteiger partial charge is 0.497 e. The molecule has 2 heterocycles. The average Bonchev–Trinajstić information content (AvgIpc) is 2.70. The lowest BCUT2D eigenvalue weighted by Crippen LogP contribution is -2.65. The molecule has 1 aromatic rings. The number of hydrogen-bond acceptors (Lipinski definition) is 5. The summed E-state index contributed by atoms with van der Waals surface area (Å²) in [5, 5.41) is 12.3. The molecule has 1 atom stereocenters. The van der Waals surface area contributed by atoms with E-state index in [1.54, 1.807) is 37.1 Å². The van der Waals surface area contributed by atoms with E-state index in [1.165, 1.54) is 4.90 Å². The number of benzene rings is 1. The fraction of sp³-hybridized carbons (Fsp3) is 0.526. The molecular formula is C19H25N3O6. The SMILES string of the molecule is COc1cccc(N2CCN(C(=O)NC3(C(=O)O)CCOCC3)[C@H](C)C2=O)c1. The third-order valence-electron chi connectivity index (χ3n) is 5.38. The number of carboxylic acid groups (broad SMARTS) is 1. The van der Waals surface area contributed by atoms with Crippen LogP contribution in [0.15, 0.2) is 24.3 Å². The lowest BCUT2D eigenvalue weighted by atomic mass is 9.90. The second kappa shape index (κ2) is 8.05. The molecule has 0 aliphatic carbocycles. The molecule has 1 aromatic carbocycles. The number of rotatable bonds is 4. The first-order valence-electron chi connectivity index (χ1n) is 9.23. The lowest BCUT2D eigenvalue weighted by Gasteiger charge is -2.41. The molecule has 2 N–H and O–H groups in total. The Kier molecular flexibility index (Phi) is 5.73. The Morgan fingerprint density at radius 2 is 2.00 bits per heavy atom. The van der Waals surface area contributed by atoms with E-state index < -0.39 is 23.6 Å². The highest BCUT2D eigenvalue weighted by Gasteiger charge is 2.44. The Labute approximate surface area is 163 Å². The van der Waals surface area contributed by atoms with Crippen molar-refractivity contribution in [1.29, 1.82) is 0 Å². The molecule has 3 amide bonds. The monoisotopic (exact) mass is 391 g/mol. The molecule has 9 heteroatoms. The van der Waals surface area contributed by atoms with Gasteiger partial charge in [-0.15, -0.1) is 0 Å². The summed E-state index contributed by atoms with van der Waals surface area (Å²) in [7, 11) is 1.56. The second-order valence-corrected chi connectivity index (χ2v) is 6.99. The average molecular weight is 391 g/mol. The van der Waals surface area contributed by atoms with E-state index in [0.29, 0.717) is 24.5 Å². The second-order valence-electron chi connectivity index (χ2n) is 6.99. The molecule has 9 nitrogen and oxygen atoms in total. The van der Waals surface area contributed by atoms with Gasteiger partial charge < -0.3 is 29.7 Å². The summed E-state index contributed by atoms with van der Waals surface area (Å²) < 4.78 is 10.4. The predicted octanol–water partition coefficient (Wildman–Crippen LogP) is 1.08. The van der Waals surface area contributed by atoms with E-state index in [-0.39, 0.29) is 32.0 Å². The maximum atomic E-state index is 12.9. The molecule has 2 fully saturated rings. The van der Waals surface area contributed by atoms with Crippen molar-refractivity contribution in [3.63, 3.8) is 0 Å². The zero-order valence-corrected chi connectivity index (χ0v) is 16.0. The molecule has 28 heavy (non-hydrogen) atoms. The normalized spacial score (nSPS) is 21.9.